The van der Waals surface area contributed by atoms with Crippen molar-refractivity contribution in [2.24, 2.45) is 0 Å². The number of anilines is 1. The highest BCUT2D eigenvalue weighted by Crippen LogP contribution is 2.28. The van der Waals surface area contributed by atoms with Crippen LogP contribution in [0, 0.1) is 0 Å². The zero-order valence-electron chi connectivity index (χ0n) is 21.4. The van der Waals surface area contributed by atoms with Crippen LogP contribution in [0.4, 0.5) is 10.5 Å². The highest BCUT2D eigenvalue weighted by molar-refractivity contribution is 7.89. The Morgan fingerprint density at radius 3 is 2.47 bits per heavy atom. The van der Waals surface area contributed by atoms with Gasteiger partial charge in [0.15, 0.2) is 0 Å². The van der Waals surface area contributed by atoms with Gasteiger partial charge >= 0.3 is 6.03 Å². The molecular formula is C27H32N4O6S. The Morgan fingerprint density at radius 2 is 1.74 bits per heavy atom. The predicted molar refractivity (Wildman–Crippen MR) is 145 cm³/mol. The number of ether oxygens (including phenoxy) is 2. The molecule has 1 saturated heterocycles. The summed E-state index contributed by atoms with van der Waals surface area (Å²) >= 11 is 0. The molecule has 38 heavy (non-hydrogen) atoms. The number of amides is 3. The van der Waals surface area contributed by atoms with E-state index in [-0.39, 0.29) is 37.7 Å². The summed E-state index contributed by atoms with van der Waals surface area (Å²) in [6.07, 6.45) is 0. The standard InChI is InChI=1S/C27H32N4O6S/c1-3-37-22-13-11-21(12-14-22)29-27(33)30-16-17-31(24(19-30)26(32)28-15-18-36-2)38(34,35)25-10-6-8-20-7-4-5-9-23(20)25/h4-14,24H,3,15-19H2,1-2H3,(H,28,32)(H,29,33). The fourth-order valence-corrected chi connectivity index (χ4v) is 6.18. The summed E-state index contributed by atoms with van der Waals surface area (Å²) < 4.78 is 39.4. The molecule has 0 bridgehead atoms. The number of urea groups is 1. The van der Waals surface area contributed by atoms with Crippen LogP contribution in [0.2, 0.25) is 0 Å². The molecule has 0 saturated carbocycles. The first-order valence-electron chi connectivity index (χ1n) is 12.4. The Kier molecular flexibility index (Phi) is 8.82. The molecular weight excluding hydrogens is 508 g/mol. The van der Waals surface area contributed by atoms with Crippen LogP contribution in [0.15, 0.2) is 71.6 Å². The van der Waals surface area contributed by atoms with Gasteiger partial charge in [-0.1, -0.05) is 36.4 Å². The van der Waals surface area contributed by atoms with Crippen molar-refractivity contribution in [1.29, 1.82) is 0 Å². The fraction of sp³-hybridized carbons (Fsp3) is 0.333. The second kappa shape index (κ2) is 12.2. The van der Waals surface area contributed by atoms with Crippen molar-refractivity contribution in [3.63, 3.8) is 0 Å². The van der Waals surface area contributed by atoms with Gasteiger partial charge in [-0.05, 0) is 42.6 Å². The molecule has 1 heterocycles. The maximum absolute atomic E-state index is 13.9. The van der Waals surface area contributed by atoms with Crippen molar-refractivity contribution in [2.75, 3.05) is 51.8 Å². The predicted octanol–water partition coefficient (Wildman–Crippen LogP) is 2.91. The van der Waals surface area contributed by atoms with Gasteiger partial charge in [0.2, 0.25) is 15.9 Å². The first-order chi connectivity index (χ1) is 18.3. The van der Waals surface area contributed by atoms with Crippen LogP contribution < -0.4 is 15.4 Å². The number of carbonyl (C=O) groups is 2. The van der Waals surface area contributed by atoms with Crippen molar-refractivity contribution in [2.45, 2.75) is 17.9 Å². The van der Waals surface area contributed by atoms with Crippen molar-refractivity contribution < 1.29 is 27.5 Å². The lowest BCUT2D eigenvalue weighted by molar-refractivity contribution is -0.126. The number of nitrogens with zero attached hydrogens (tertiary/aromatic N) is 2. The van der Waals surface area contributed by atoms with Gasteiger partial charge in [0.05, 0.1) is 18.1 Å². The summed E-state index contributed by atoms with van der Waals surface area (Å²) in [6, 6.07) is 17.7. The number of piperazine rings is 1. The molecule has 0 aromatic heterocycles. The SMILES string of the molecule is CCOc1ccc(NC(=O)N2CCN(S(=O)(=O)c3cccc4ccccc34)C(C(=O)NCCOC)C2)cc1. The van der Waals surface area contributed by atoms with Gasteiger partial charge in [0.1, 0.15) is 11.8 Å². The number of hydrogen-bond acceptors (Lipinski definition) is 6. The summed E-state index contributed by atoms with van der Waals surface area (Å²) in [5, 5.41) is 6.90. The monoisotopic (exact) mass is 540 g/mol. The lowest BCUT2D eigenvalue weighted by Crippen LogP contribution is -2.62. The molecule has 2 N–H and O–H groups in total. The van der Waals surface area contributed by atoms with Crippen LogP contribution in [-0.2, 0) is 19.6 Å². The Morgan fingerprint density at radius 1 is 1.00 bits per heavy atom. The van der Waals surface area contributed by atoms with Crippen molar-refractivity contribution in [3.05, 3.63) is 66.7 Å². The fourth-order valence-electron chi connectivity index (χ4n) is 4.40. The van der Waals surface area contributed by atoms with Gasteiger partial charge in [-0.25, -0.2) is 13.2 Å². The third-order valence-corrected chi connectivity index (χ3v) is 8.25. The van der Waals surface area contributed by atoms with E-state index in [9.17, 15) is 18.0 Å². The number of nitrogens with one attached hydrogen (secondary N) is 2. The first kappa shape index (κ1) is 27.4. The Balaban J connectivity index is 1.57. The third-order valence-electron chi connectivity index (χ3n) is 6.28. The molecule has 11 heteroatoms. The summed E-state index contributed by atoms with van der Waals surface area (Å²) in [5.74, 6) is 0.190. The average Bonchev–Trinajstić information content (AvgIpc) is 2.93. The maximum Gasteiger partial charge on any atom is 0.321 e. The quantitative estimate of drug-likeness (QED) is 0.403. The molecule has 0 radical (unpaired) electrons. The van der Waals surface area contributed by atoms with E-state index in [1.165, 1.54) is 16.3 Å². The van der Waals surface area contributed by atoms with E-state index in [0.29, 0.717) is 23.4 Å². The Hall–Kier alpha value is -3.67. The van der Waals surface area contributed by atoms with Gasteiger partial charge in [-0.2, -0.15) is 4.31 Å². The second-order valence-electron chi connectivity index (χ2n) is 8.73. The summed E-state index contributed by atoms with van der Waals surface area (Å²) in [5.41, 5.74) is 0.561. The van der Waals surface area contributed by atoms with Crippen LogP contribution >= 0.6 is 0 Å². The topological polar surface area (TPSA) is 117 Å². The molecule has 3 aromatic carbocycles. The molecule has 1 atom stereocenters. The molecule has 202 valence electrons. The van der Waals surface area contributed by atoms with E-state index in [1.807, 2.05) is 25.1 Å². The minimum absolute atomic E-state index is 0.0371. The molecule has 1 unspecified atom stereocenters. The van der Waals surface area contributed by atoms with E-state index in [0.717, 1.165) is 5.39 Å². The lowest BCUT2D eigenvalue weighted by Gasteiger charge is -2.39. The van der Waals surface area contributed by atoms with Gasteiger partial charge in [-0.15, -0.1) is 0 Å². The highest BCUT2D eigenvalue weighted by Gasteiger charge is 2.41. The number of hydrogen-bond donors (Lipinski definition) is 2. The number of fused-ring (bicyclic) bond motifs is 1. The van der Waals surface area contributed by atoms with Crippen molar-refractivity contribution >= 4 is 38.4 Å². The van der Waals surface area contributed by atoms with Crippen molar-refractivity contribution in [3.8, 4) is 5.75 Å². The minimum atomic E-state index is -4.06. The van der Waals surface area contributed by atoms with Gasteiger partial charge in [0.25, 0.3) is 0 Å². The van der Waals surface area contributed by atoms with Crippen LogP contribution in [0.3, 0.4) is 0 Å². The zero-order valence-corrected chi connectivity index (χ0v) is 22.2. The molecule has 1 aliphatic heterocycles. The summed E-state index contributed by atoms with van der Waals surface area (Å²) in [7, 11) is -2.55. The minimum Gasteiger partial charge on any atom is -0.494 e. The van der Waals surface area contributed by atoms with E-state index < -0.39 is 28.0 Å². The second-order valence-corrected chi connectivity index (χ2v) is 10.6. The largest absolute Gasteiger partial charge is 0.494 e. The number of sulfonamides is 1. The van der Waals surface area contributed by atoms with E-state index in [1.54, 1.807) is 48.5 Å². The molecule has 1 aliphatic rings. The smallest absolute Gasteiger partial charge is 0.321 e. The number of benzene rings is 3. The number of methoxy groups -OCH3 is 1. The first-order valence-corrected chi connectivity index (χ1v) is 13.8. The van der Waals surface area contributed by atoms with Gasteiger partial charge in [0, 0.05) is 44.4 Å². The van der Waals surface area contributed by atoms with E-state index in [4.69, 9.17) is 9.47 Å². The Bertz CT molecular complexity index is 1370. The van der Waals surface area contributed by atoms with E-state index >= 15 is 0 Å². The molecule has 3 amide bonds. The van der Waals surface area contributed by atoms with Crippen LogP contribution in [0.5, 0.6) is 5.75 Å². The molecule has 4 rings (SSSR count). The van der Waals surface area contributed by atoms with Gasteiger partial charge < -0.3 is 25.0 Å². The summed E-state index contributed by atoms with van der Waals surface area (Å²) in [6.45, 7) is 2.89. The molecule has 1 fully saturated rings. The molecule has 0 aliphatic carbocycles. The molecule has 3 aromatic rings. The van der Waals surface area contributed by atoms with Gasteiger partial charge in [-0.3, -0.25) is 4.79 Å². The van der Waals surface area contributed by atoms with E-state index in [2.05, 4.69) is 10.6 Å². The summed E-state index contributed by atoms with van der Waals surface area (Å²) in [4.78, 5) is 27.9. The van der Waals surface area contributed by atoms with Crippen LogP contribution in [0.25, 0.3) is 10.8 Å². The normalized spacial score (nSPS) is 16.3. The maximum atomic E-state index is 13.9. The average molecular weight is 541 g/mol. The Labute approximate surface area is 222 Å². The highest BCUT2D eigenvalue weighted by atomic mass is 32.2. The zero-order chi connectivity index (χ0) is 27.1. The third kappa shape index (κ3) is 6.07. The number of rotatable bonds is 9. The lowest BCUT2D eigenvalue weighted by atomic mass is 10.1. The van der Waals surface area contributed by atoms with Crippen LogP contribution in [0.1, 0.15) is 6.92 Å². The molecule has 10 nitrogen and oxygen atoms in total. The molecule has 0 spiro atoms. The van der Waals surface area contributed by atoms with Crippen LogP contribution in [-0.4, -0.2) is 82.1 Å². The van der Waals surface area contributed by atoms with Crippen molar-refractivity contribution in [1.82, 2.24) is 14.5 Å². The number of carbonyl (C=O) groups excluding carboxylic acids is 2.